The molecular weight excluding hydrogens is 418 g/mol. The molecule has 0 atom stereocenters. The smallest absolute Gasteiger partial charge is 0.408 e. The Balaban J connectivity index is 0.000000195. The van der Waals surface area contributed by atoms with Crippen LogP contribution in [0.5, 0.6) is 0 Å². The van der Waals surface area contributed by atoms with Crippen molar-refractivity contribution >= 4 is 30.1 Å². The molecule has 0 unspecified atom stereocenters. The Morgan fingerprint density at radius 3 is 1.34 bits per heavy atom. The normalized spacial score (nSPS) is 15.2. The first-order chi connectivity index (χ1) is 15.6. The monoisotopic (exact) mass is 442 g/mol. The van der Waals surface area contributed by atoms with Crippen molar-refractivity contribution in [1.82, 2.24) is 0 Å². The van der Waals surface area contributed by atoms with E-state index >= 15 is 0 Å². The number of ether oxygens (including phenoxy) is 2. The van der Waals surface area contributed by atoms with Crippen LogP contribution >= 0.6 is 0 Å². The molecule has 2 aliphatic heterocycles. The van der Waals surface area contributed by atoms with E-state index in [-0.39, 0.29) is 0 Å². The van der Waals surface area contributed by atoms with Gasteiger partial charge in [0.25, 0.3) is 0 Å². The molecule has 2 aromatic carbocycles. The summed E-state index contributed by atoms with van der Waals surface area (Å²) in [4.78, 5) is 10.9. The topological polar surface area (TPSA) is 127 Å². The molecule has 0 radical (unpaired) electrons. The molecule has 0 saturated carbocycles. The van der Waals surface area contributed by atoms with Gasteiger partial charge in [-0.05, 0) is 12.1 Å². The second-order valence-corrected chi connectivity index (χ2v) is 6.65. The van der Waals surface area contributed by atoms with Crippen molar-refractivity contribution in [2.45, 2.75) is 0 Å². The van der Waals surface area contributed by atoms with Crippen LogP contribution < -0.4 is 19.8 Å². The molecule has 32 heavy (non-hydrogen) atoms. The molecule has 0 aliphatic carbocycles. The molecule has 0 bridgehead atoms. The number of anilines is 2. The van der Waals surface area contributed by atoms with E-state index in [1.54, 1.807) is 12.1 Å². The molecule has 12 heteroatoms. The number of hydrogen-bond donors (Lipinski definition) is 0. The highest BCUT2D eigenvalue weighted by Gasteiger charge is 2.21. The number of benzene rings is 2. The van der Waals surface area contributed by atoms with Gasteiger partial charge in [-0.2, -0.15) is 0 Å². The third-order valence-corrected chi connectivity index (χ3v) is 4.68. The zero-order valence-corrected chi connectivity index (χ0v) is 17.5. The number of halogens is 1. The van der Waals surface area contributed by atoms with Crippen molar-refractivity contribution in [3.8, 4) is 0 Å². The molecule has 2 heterocycles. The molecule has 2 fully saturated rings. The lowest BCUT2D eigenvalue weighted by Crippen LogP contribution is -2.39. The maximum absolute atomic E-state index is 9.89. The Morgan fingerprint density at radius 2 is 1.03 bits per heavy atom. The number of morpholine rings is 2. The van der Waals surface area contributed by atoms with E-state index in [0.29, 0.717) is 11.4 Å². The summed E-state index contributed by atoms with van der Waals surface area (Å²) in [6.07, 6.45) is 0. The highest BCUT2D eigenvalue weighted by molar-refractivity contribution is 6.27. The standard InChI is InChI=1S/2C10H12N3O.BFO2/c2*11-12-9-3-1-2-4-10(9)13-5-7-14-8-6-13;2-1(3)4/h2*1-4H,5-8H2;/q2*+1;-2. The van der Waals surface area contributed by atoms with E-state index in [0.717, 1.165) is 64.0 Å². The zero-order valence-electron chi connectivity index (χ0n) is 17.5. The van der Waals surface area contributed by atoms with Gasteiger partial charge in [-0.15, -0.1) is 0 Å². The molecule has 2 aromatic rings. The summed E-state index contributed by atoms with van der Waals surface area (Å²) in [5, 5.41) is 34.2. The minimum Gasteiger partial charge on any atom is -0.867 e. The molecule has 2 saturated heterocycles. The number of para-hydroxylation sites is 2. The fraction of sp³-hybridized carbons (Fsp3) is 0.400. The minimum atomic E-state index is -3.17. The maximum Gasteiger partial charge on any atom is 0.408 e. The highest BCUT2D eigenvalue weighted by Crippen LogP contribution is 2.29. The Bertz CT molecular complexity index is 837. The van der Waals surface area contributed by atoms with Gasteiger partial charge >= 0.3 is 11.4 Å². The van der Waals surface area contributed by atoms with E-state index in [1.807, 2.05) is 36.4 Å². The average molecular weight is 442 g/mol. The predicted octanol–water partition coefficient (Wildman–Crippen LogP) is 1.68. The summed E-state index contributed by atoms with van der Waals surface area (Å²) in [6, 6.07) is 15.1. The van der Waals surface area contributed by atoms with Crippen LogP contribution in [0.1, 0.15) is 0 Å². The van der Waals surface area contributed by atoms with E-state index in [9.17, 15) is 4.32 Å². The third-order valence-electron chi connectivity index (χ3n) is 4.68. The summed E-state index contributed by atoms with van der Waals surface area (Å²) >= 11 is 0. The lowest BCUT2D eigenvalue weighted by atomic mass is 10.2. The van der Waals surface area contributed by atoms with Crippen molar-refractivity contribution in [3.05, 3.63) is 58.5 Å². The average Bonchev–Trinajstić information content (AvgIpc) is 2.85. The largest absolute Gasteiger partial charge is 0.867 e. The quantitative estimate of drug-likeness (QED) is 0.508. The van der Waals surface area contributed by atoms with Gasteiger partial charge < -0.3 is 33.6 Å². The van der Waals surface area contributed by atoms with Crippen molar-refractivity contribution in [1.29, 1.82) is 10.8 Å². The van der Waals surface area contributed by atoms with Crippen LogP contribution in [-0.4, -0.2) is 60.0 Å². The first-order valence-corrected chi connectivity index (χ1v) is 10.1. The van der Waals surface area contributed by atoms with Crippen molar-refractivity contribution in [2.24, 2.45) is 0 Å². The van der Waals surface area contributed by atoms with Gasteiger partial charge in [0.2, 0.25) is 10.8 Å². The van der Waals surface area contributed by atoms with Crippen LogP contribution in [0.15, 0.2) is 48.5 Å². The Labute approximate surface area is 186 Å². The van der Waals surface area contributed by atoms with Crippen LogP contribution in [0.25, 0.3) is 9.95 Å². The van der Waals surface area contributed by atoms with Crippen LogP contribution in [-0.2, 0) is 9.47 Å². The van der Waals surface area contributed by atoms with Gasteiger partial charge in [0.15, 0.2) is 9.95 Å². The van der Waals surface area contributed by atoms with Crippen LogP contribution in [0.4, 0.5) is 27.1 Å². The summed E-state index contributed by atoms with van der Waals surface area (Å²) in [5.74, 6) is 0. The lowest BCUT2D eigenvalue weighted by molar-refractivity contribution is -0.366. The summed E-state index contributed by atoms with van der Waals surface area (Å²) in [6.45, 7) is 6.36. The second-order valence-electron chi connectivity index (χ2n) is 6.65. The Hall–Kier alpha value is -3.29. The van der Waals surface area contributed by atoms with Gasteiger partial charge in [0.05, 0.1) is 26.4 Å². The zero-order chi connectivity index (χ0) is 23.2. The number of diazo groups is 2. The van der Waals surface area contributed by atoms with E-state index in [1.165, 1.54) is 0 Å². The molecule has 0 amide bonds. The second kappa shape index (κ2) is 13.9. The molecular formula is C20H24BFN6O4. The van der Waals surface area contributed by atoms with Crippen molar-refractivity contribution in [3.63, 3.8) is 0 Å². The van der Waals surface area contributed by atoms with Gasteiger partial charge in [-0.1, -0.05) is 24.3 Å². The molecule has 4 rings (SSSR count). The fourth-order valence-electron chi connectivity index (χ4n) is 3.24. The molecule has 10 nitrogen and oxygen atoms in total. The van der Waals surface area contributed by atoms with Crippen LogP contribution in [0.2, 0.25) is 0 Å². The van der Waals surface area contributed by atoms with Crippen LogP contribution in [0.3, 0.4) is 0 Å². The van der Waals surface area contributed by atoms with Gasteiger partial charge in [-0.25, -0.2) is 0 Å². The van der Waals surface area contributed by atoms with Gasteiger partial charge in [0, 0.05) is 38.3 Å². The first kappa shape index (κ1) is 25.0. The van der Waals surface area contributed by atoms with E-state index in [4.69, 9.17) is 30.3 Å². The maximum atomic E-state index is 9.89. The molecule has 168 valence electrons. The number of rotatable bonds is 2. The van der Waals surface area contributed by atoms with Gasteiger partial charge in [-0.3, -0.25) is 0 Å². The third kappa shape index (κ3) is 8.09. The molecule has 0 aromatic heterocycles. The van der Waals surface area contributed by atoms with E-state index in [2.05, 4.69) is 19.8 Å². The predicted molar refractivity (Wildman–Crippen MR) is 115 cm³/mol. The highest BCUT2D eigenvalue weighted by atomic mass is 19.1. The molecule has 2 aliphatic rings. The summed E-state index contributed by atoms with van der Waals surface area (Å²) in [5.41, 5.74) is 3.18. The van der Waals surface area contributed by atoms with Crippen molar-refractivity contribution in [2.75, 3.05) is 62.4 Å². The van der Waals surface area contributed by atoms with Gasteiger partial charge in [0.1, 0.15) is 18.8 Å². The lowest BCUT2D eigenvalue weighted by Gasteiger charge is -2.27. The van der Waals surface area contributed by atoms with Crippen LogP contribution in [0, 0.1) is 10.8 Å². The Kier molecular flexibility index (Phi) is 10.9. The Morgan fingerprint density at radius 1 is 0.719 bits per heavy atom. The fourth-order valence-corrected chi connectivity index (χ4v) is 3.24. The van der Waals surface area contributed by atoms with Crippen molar-refractivity contribution < 1.29 is 23.8 Å². The number of hydrogen-bond acceptors (Lipinski definition) is 8. The molecule has 0 spiro atoms. The minimum absolute atomic E-state index is 0.620. The summed E-state index contributed by atoms with van der Waals surface area (Å²) < 4.78 is 20.4. The van der Waals surface area contributed by atoms with E-state index < -0.39 is 7.40 Å². The SMILES string of the molecule is N#[N+]c1ccccc1N1CCOCC1.N#[N+]c1ccccc1N1CCOCC1.[O-]B([O-])F. The first-order valence-electron chi connectivity index (χ1n) is 10.1. The number of nitrogens with zero attached hydrogens (tertiary/aromatic N) is 6. The molecule has 0 N–H and O–H groups in total. The summed E-state index contributed by atoms with van der Waals surface area (Å²) in [7, 11) is -3.17.